The van der Waals surface area contributed by atoms with E-state index in [0.717, 1.165) is 45.1 Å². The lowest BCUT2D eigenvalue weighted by Crippen LogP contribution is -2.48. The Morgan fingerprint density at radius 3 is 2.41 bits per heavy atom. The van der Waals surface area contributed by atoms with Crippen molar-refractivity contribution in [3.8, 4) is 0 Å². The van der Waals surface area contributed by atoms with Gasteiger partial charge in [-0.05, 0) is 38.5 Å². The van der Waals surface area contributed by atoms with Gasteiger partial charge >= 0.3 is 0 Å². The predicted octanol–water partition coefficient (Wildman–Crippen LogP) is 1.55. The van der Waals surface area contributed by atoms with E-state index in [1.165, 1.54) is 0 Å². The van der Waals surface area contributed by atoms with Gasteiger partial charge in [-0.1, -0.05) is 13.8 Å². The second-order valence-electron chi connectivity index (χ2n) is 6.98. The molecular formula is C17H30N2O3. The summed E-state index contributed by atoms with van der Waals surface area (Å²) in [5, 5.41) is 12.6. The highest BCUT2D eigenvalue weighted by molar-refractivity contribution is 5.83. The van der Waals surface area contributed by atoms with Crippen LogP contribution in [0.5, 0.6) is 0 Å². The Bertz CT molecular complexity index is 394. The molecule has 22 heavy (non-hydrogen) atoms. The second-order valence-corrected chi connectivity index (χ2v) is 6.98. The van der Waals surface area contributed by atoms with Crippen molar-refractivity contribution in [3.05, 3.63) is 0 Å². The van der Waals surface area contributed by atoms with Gasteiger partial charge in [0.2, 0.25) is 11.8 Å². The number of rotatable bonds is 7. The van der Waals surface area contributed by atoms with Crippen molar-refractivity contribution in [2.24, 2.45) is 17.3 Å². The molecule has 0 aromatic heterocycles. The molecule has 0 aromatic carbocycles. The molecule has 0 bridgehead atoms. The van der Waals surface area contributed by atoms with Gasteiger partial charge in [0.05, 0.1) is 12.5 Å². The number of likely N-dealkylation sites (tertiary alicyclic amines) is 1. The first-order chi connectivity index (χ1) is 10.5. The average Bonchev–Trinajstić information content (AvgIpc) is 3.41. The number of carbonyl (C=O) groups is 2. The van der Waals surface area contributed by atoms with Crippen LogP contribution < -0.4 is 5.32 Å². The summed E-state index contributed by atoms with van der Waals surface area (Å²) >= 11 is 0. The maximum Gasteiger partial charge on any atom is 0.225 e. The highest BCUT2D eigenvalue weighted by Gasteiger charge is 2.37. The maximum atomic E-state index is 12.4. The van der Waals surface area contributed by atoms with Gasteiger partial charge in [-0.15, -0.1) is 0 Å². The molecule has 1 saturated heterocycles. The Morgan fingerprint density at radius 2 is 1.86 bits per heavy atom. The van der Waals surface area contributed by atoms with Crippen molar-refractivity contribution < 1.29 is 14.7 Å². The van der Waals surface area contributed by atoms with E-state index in [9.17, 15) is 14.7 Å². The molecule has 2 aliphatic rings. The number of hydrogen-bond acceptors (Lipinski definition) is 3. The summed E-state index contributed by atoms with van der Waals surface area (Å²) in [6, 6.07) is 0. The van der Waals surface area contributed by atoms with Crippen LogP contribution in [0.4, 0.5) is 0 Å². The molecule has 0 aromatic rings. The third-order valence-corrected chi connectivity index (χ3v) is 5.50. The number of aliphatic hydroxyl groups is 1. The van der Waals surface area contributed by atoms with E-state index in [2.05, 4.69) is 5.32 Å². The van der Waals surface area contributed by atoms with Gasteiger partial charge in [0.25, 0.3) is 0 Å². The van der Waals surface area contributed by atoms with Crippen LogP contribution in [0.25, 0.3) is 0 Å². The second kappa shape index (κ2) is 7.44. The molecule has 1 aliphatic heterocycles. The van der Waals surface area contributed by atoms with E-state index in [-0.39, 0.29) is 35.7 Å². The lowest BCUT2D eigenvalue weighted by atomic mass is 9.83. The predicted molar refractivity (Wildman–Crippen MR) is 85.1 cm³/mol. The number of nitrogens with one attached hydrogen (secondary N) is 1. The standard InChI is InChI=1S/C17H30N2O3/c1-3-17(4-2,12-20)11-18-15(21)14-6-5-9-19(10-14)16(22)13-7-8-13/h13-14,20H,3-12H2,1-2H3,(H,18,21). The van der Waals surface area contributed by atoms with Crippen LogP contribution in [0.3, 0.4) is 0 Å². The van der Waals surface area contributed by atoms with E-state index in [0.29, 0.717) is 13.1 Å². The molecule has 2 amide bonds. The van der Waals surface area contributed by atoms with E-state index in [1.54, 1.807) is 0 Å². The van der Waals surface area contributed by atoms with Crippen LogP contribution >= 0.6 is 0 Å². The molecule has 0 radical (unpaired) electrons. The van der Waals surface area contributed by atoms with Gasteiger partial charge in [-0.3, -0.25) is 9.59 Å². The van der Waals surface area contributed by atoms with E-state index in [1.807, 2.05) is 18.7 Å². The highest BCUT2D eigenvalue weighted by atomic mass is 16.3. The van der Waals surface area contributed by atoms with Crippen molar-refractivity contribution in [3.63, 3.8) is 0 Å². The zero-order valence-electron chi connectivity index (χ0n) is 13.9. The first kappa shape index (κ1) is 17.3. The van der Waals surface area contributed by atoms with Crippen LogP contribution in [0.15, 0.2) is 0 Å². The number of carbonyl (C=O) groups excluding carboxylic acids is 2. The SMILES string of the molecule is CCC(CC)(CO)CNC(=O)C1CCCN(C(=O)C2CC2)C1. The van der Waals surface area contributed by atoms with Gasteiger partial charge in [0.15, 0.2) is 0 Å². The quantitative estimate of drug-likeness (QED) is 0.749. The molecular weight excluding hydrogens is 280 g/mol. The molecule has 1 aliphatic carbocycles. The Morgan fingerprint density at radius 1 is 1.18 bits per heavy atom. The summed E-state index contributed by atoms with van der Waals surface area (Å²) in [6.07, 6.45) is 5.47. The van der Waals surface area contributed by atoms with Crippen molar-refractivity contribution in [1.29, 1.82) is 0 Å². The van der Waals surface area contributed by atoms with Crippen LogP contribution in [-0.4, -0.2) is 48.1 Å². The fraction of sp³-hybridized carbons (Fsp3) is 0.882. The highest BCUT2D eigenvalue weighted by Crippen LogP contribution is 2.32. The third-order valence-electron chi connectivity index (χ3n) is 5.50. The minimum atomic E-state index is -0.214. The van der Waals surface area contributed by atoms with Crippen LogP contribution in [0.1, 0.15) is 52.4 Å². The average molecular weight is 310 g/mol. The zero-order chi connectivity index (χ0) is 16.2. The third kappa shape index (κ3) is 4.00. The van der Waals surface area contributed by atoms with E-state index in [4.69, 9.17) is 0 Å². The summed E-state index contributed by atoms with van der Waals surface area (Å²) in [4.78, 5) is 26.4. The van der Waals surface area contributed by atoms with Gasteiger partial charge in [0.1, 0.15) is 0 Å². The first-order valence-corrected chi connectivity index (χ1v) is 8.72. The monoisotopic (exact) mass is 310 g/mol. The summed E-state index contributed by atoms with van der Waals surface area (Å²) in [5.74, 6) is 0.405. The normalized spacial score (nSPS) is 22.5. The first-order valence-electron chi connectivity index (χ1n) is 8.72. The molecule has 1 saturated carbocycles. The number of aliphatic hydroxyl groups excluding tert-OH is 1. The minimum absolute atomic E-state index is 0.0352. The number of amides is 2. The topological polar surface area (TPSA) is 69.6 Å². The van der Waals surface area contributed by atoms with Gasteiger partial charge < -0.3 is 15.3 Å². The molecule has 126 valence electrons. The van der Waals surface area contributed by atoms with Gasteiger partial charge in [-0.2, -0.15) is 0 Å². The number of nitrogens with zero attached hydrogens (tertiary/aromatic N) is 1. The van der Waals surface area contributed by atoms with Crippen molar-refractivity contribution >= 4 is 11.8 Å². The lowest BCUT2D eigenvalue weighted by molar-refractivity contribution is -0.137. The summed E-state index contributed by atoms with van der Waals surface area (Å²) < 4.78 is 0. The molecule has 2 fully saturated rings. The molecule has 1 unspecified atom stereocenters. The minimum Gasteiger partial charge on any atom is -0.396 e. The fourth-order valence-corrected chi connectivity index (χ4v) is 3.18. The summed E-state index contributed by atoms with van der Waals surface area (Å²) in [7, 11) is 0. The molecule has 5 heteroatoms. The molecule has 1 heterocycles. The van der Waals surface area contributed by atoms with Crippen LogP contribution in [0.2, 0.25) is 0 Å². The number of hydrogen-bond donors (Lipinski definition) is 2. The Hall–Kier alpha value is -1.10. The van der Waals surface area contributed by atoms with E-state index < -0.39 is 0 Å². The molecule has 0 spiro atoms. The summed E-state index contributed by atoms with van der Waals surface area (Å²) in [5.41, 5.74) is -0.214. The Kier molecular flexibility index (Phi) is 5.84. The molecule has 2 rings (SSSR count). The summed E-state index contributed by atoms with van der Waals surface area (Å²) in [6.45, 7) is 6.06. The van der Waals surface area contributed by atoms with Gasteiger partial charge in [0, 0.05) is 31.0 Å². The van der Waals surface area contributed by atoms with Crippen LogP contribution in [0, 0.1) is 17.3 Å². The van der Waals surface area contributed by atoms with Crippen molar-refractivity contribution in [1.82, 2.24) is 10.2 Å². The van der Waals surface area contributed by atoms with Crippen LogP contribution in [-0.2, 0) is 9.59 Å². The number of piperidine rings is 1. The smallest absolute Gasteiger partial charge is 0.225 e. The van der Waals surface area contributed by atoms with E-state index >= 15 is 0 Å². The maximum absolute atomic E-state index is 12.4. The van der Waals surface area contributed by atoms with Crippen molar-refractivity contribution in [2.75, 3.05) is 26.2 Å². The van der Waals surface area contributed by atoms with Crippen molar-refractivity contribution in [2.45, 2.75) is 52.4 Å². The Labute approximate surface area is 133 Å². The zero-order valence-corrected chi connectivity index (χ0v) is 13.9. The lowest BCUT2D eigenvalue weighted by Gasteiger charge is -2.34. The molecule has 1 atom stereocenters. The Balaban J connectivity index is 1.85. The fourth-order valence-electron chi connectivity index (χ4n) is 3.18. The molecule has 5 nitrogen and oxygen atoms in total. The van der Waals surface area contributed by atoms with Gasteiger partial charge in [-0.25, -0.2) is 0 Å². The molecule has 2 N–H and O–H groups in total. The largest absolute Gasteiger partial charge is 0.396 e.